The summed E-state index contributed by atoms with van der Waals surface area (Å²) in [7, 11) is 1.85. The Morgan fingerprint density at radius 2 is 2.47 bits per heavy atom. The Kier molecular flexibility index (Phi) is 2.85. The quantitative estimate of drug-likeness (QED) is 0.559. The molecule has 4 N–H and O–H groups in total. The SMILES string of the molecule is Cn1ncc(Br)c1C(NN)c1ncc[nH]1. The van der Waals surface area contributed by atoms with Crippen molar-refractivity contribution in [1.82, 2.24) is 25.2 Å². The van der Waals surface area contributed by atoms with Crippen LogP contribution in [-0.2, 0) is 7.05 Å². The van der Waals surface area contributed by atoms with Crippen molar-refractivity contribution in [3.8, 4) is 0 Å². The standard InChI is InChI=1S/C8H11BrN6/c1-15-7(5(9)4-13-15)6(14-10)8-11-2-3-12-8/h2-4,6,14H,10H2,1H3,(H,11,12). The summed E-state index contributed by atoms with van der Waals surface area (Å²) in [6.07, 6.45) is 5.16. The van der Waals surface area contributed by atoms with Gasteiger partial charge in [0.25, 0.3) is 0 Å². The van der Waals surface area contributed by atoms with Crippen molar-refractivity contribution < 1.29 is 0 Å². The minimum absolute atomic E-state index is 0.207. The molecule has 80 valence electrons. The van der Waals surface area contributed by atoms with Crippen LogP contribution >= 0.6 is 15.9 Å². The van der Waals surface area contributed by atoms with Crippen LogP contribution in [-0.4, -0.2) is 19.7 Å². The number of imidazole rings is 1. The summed E-state index contributed by atoms with van der Waals surface area (Å²) in [5.74, 6) is 6.27. The van der Waals surface area contributed by atoms with E-state index >= 15 is 0 Å². The number of aromatic nitrogens is 4. The fraction of sp³-hybridized carbons (Fsp3) is 0.250. The molecule has 0 radical (unpaired) electrons. The first kappa shape index (κ1) is 10.3. The first-order valence-corrected chi connectivity index (χ1v) is 5.16. The summed E-state index contributed by atoms with van der Waals surface area (Å²) in [6, 6.07) is -0.207. The van der Waals surface area contributed by atoms with Crippen LogP contribution in [0.2, 0.25) is 0 Å². The molecule has 0 saturated carbocycles. The number of hydrogen-bond donors (Lipinski definition) is 3. The van der Waals surface area contributed by atoms with Gasteiger partial charge in [-0.2, -0.15) is 5.10 Å². The van der Waals surface area contributed by atoms with Gasteiger partial charge < -0.3 is 4.98 Å². The van der Waals surface area contributed by atoms with Gasteiger partial charge in [-0.1, -0.05) is 0 Å². The van der Waals surface area contributed by atoms with Crippen LogP contribution in [0.15, 0.2) is 23.1 Å². The zero-order chi connectivity index (χ0) is 10.8. The van der Waals surface area contributed by atoms with E-state index in [2.05, 4.69) is 36.4 Å². The van der Waals surface area contributed by atoms with E-state index < -0.39 is 0 Å². The predicted octanol–water partition coefficient (Wildman–Crippen LogP) is 0.458. The van der Waals surface area contributed by atoms with Gasteiger partial charge in [0.05, 0.1) is 16.4 Å². The Hall–Kier alpha value is -1.18. The van der Waals surface area contributed by atoms with Gasteiger partial charge in [0, 0.05) is 19.4 Å². The molecule has 2 heterocycles. The number of nitrogens with zero attached hydrogens (tertiary/aromatic N) is 3. The Morgan fingerprint density at radius 1 is 1.67 bits per heavy atom. The second-order valence-corrected chi connectivity index (χ2v) is 3.93. The molecule has 7 heteroatoms. The molecule has 2 rings (SSSR count). The van der Waals surface area contributed by atoms with E-state index in [1.165, 1.54) is 0 Å². The number of H-pyrrole nitrogens is 1. The van der Waals surface area contributed by atoms with Gasteiger partial charge >= 0.3 is 0 Å². The summed E-state index contributed by atoms with van der Waals surface area (Å²) in [5, 5.41) is 4.13. The van der Waals surface area contributed by atoms with E-state index in [1.54, 1.807) is 23.3 Å². The number of aryl methyl sites for hydroxylation is 1. The lowest BCUT2D eigenvalue weighted by Gasteiger charge is -2.14. The van der Waals surface area contributed by atoms with Gasteiger partial charge in [-0.3, -0.25) is 10.5 Å². The monoisotopic (exact) mass is 270 g/mol. The summed E-state index contributed by atoms with van der Waals surface area (Å²) in [4.78, 5) is 7.18. The van der Waals surface area contributed by atoms with E-state index in [-0.39, 0.29) is 6.04 Å². The van der Waals surface area contributed by atoms with Crippen LogP contribution in [0.1, 0.15) is 17.6 Å². The highest BCUT2D eigenvalue weighted by Gasteiger charge is 2.21. The van der Waals surface area contributed by atoms with Crippen molar-refractivity contribution in [1.29, 1.82) is 0 Å². The highest BCUT2D eigenvalue weighted by molar-refractivity contribution is 9.10. The van der Waals surface area contributed by atoms with Crippen molar-refractivity contribution in [2.75, 3.05) is 0 Å². The summed E-state index contributed by atoms with van der Waals surface area (Å²) in [6.45, 7) is 0. The maximum atomic E-state index is 5.52. The molecule has 0 bridgehead atoms. The molecule has 1 unspecified atom stereocenters. The first-order valence-electron chi connectivity index (χ1n) is 4.37. The number of nitrogens with one attached hydrogen (secondary N) is 2. The third-order valence-electron chi connectivity index (χ3n) is 2.17. The van der Waals surface area contributed by atoms with Crippen molar-refractivity contribution in [2.45, 2.75) is 6.04 Å². The molecular formula is C8H11BrN6. The molecule has 0 aliphatic carbocycles. The number of aromatic amines is 1. The first-order chi connectivity index (χ1) is 7.24. The maximum absolute atomic E-state index is 5.52. The Bertz CT molecular complexity index is 414. The van der Waals surface area contributed by atoms with Crippen LogP contribution in [0, 0.1) is 0 Å². The lowest BCUT2D eigenvalue weighted by Crippen LogP contribution is -2.31. The van der Waals surface area contributed by atoms with E-state index in [1.807, 2.05) is 7.05 Å². The number of nitrogens with two attached hydrogens (primary N) is 1. The third kappa shape index (κ3) is 1.81. The van der Waals surface area contributed by atoms with E-state index in [0.717, 1.165) is 16.0 Å². The van der Waals surface area contributed by atoms with Gasteiger partial charge in [-0.25, -0.2) is 10.4 Å². The average Bonchev–Trinajstić information content (AvgIpc) is 2.83. The molecule has 0 aliphatic rings. The number of rotatable bonds is 3. The van der Waals surface area contributed by atoms with Crippen LogP contribution in [0.3, 0.4) is 0 Å². The molecule has 0 fully saturated rings. The highest BCUT2D eigenvalue weighted by Crippen LogP contribution is 2.25. The third-order valence-corrected chi connectivity index (χ3v) is 2.78. The lowest BCUT2D eigenvalue weighted by molar-refractivity contribution is 0.553. The van der Waals surface area contributed by atoms with Gasteiger partial charge in [0.2, 0.25) is 0 Å². The molecule has 0 aliphatic heterocycles. The van der Waals surface area contributed by atoms with Crippen LogP contribution in [0.25, 0.3) is 0 Å². The molecule has 0 amide bonds. The minimum atomic E-state index is -0.207. The molecule has 0 saturated heterocycles. The molecule has 1 atom stereocenters. The fourth-order valence-corrected chi connectivity index (χ4v) is 2.04. The van der Waals surface area contributed by atoms with Crippen LogP contribution < -0.4 is 11.3 Å². The van der Waals surface area contributed by atoms with E-state index in [4.69, 9.17) is 5.84 Å². The van der Waals surface area contributed by atoms with Gasteiger partial charge in [0.1, 0.15) is 11.9 Å². The minimum Gasteiger partial charge on any atom is -0.347 e. The predicted molar refractivity (Wildman–Crippen MR) is 58.7 cm³/mol. The number of hydrogen-bond acceptors (Lipinski definition) is 4. The van der Waals surface area contributed by atoms with Gasteiger partial charge in [-0.05, 0) is 15.9 Å². The van der Waals surface area contributed by atoms with Crippen LogP contribution in [0.4, 0.5) is 0 Å². The van der Waals surface area contributed by atoms with Crippen molar-refractivity contribution in [3.63, 3.8) is 0 Å². The summed E-state index contributed by atoms with van der Waals surface area (Å²) < 4.78 is 2.64. The summed E-state index contributed by atoms with van der Waals surface area (Å²) >= 11 is 3.42. The average molecular weight is 271 g/mol. The number of hydrazine groups is 1. The topological polar surface area (TPSA) is 84.6 Å². The number of halogens is 1. The van der Waals surface area contributed by atoms with Crippen molar-refractivity contribution in [3.05, 3.63) is 34.6 Å². The highest BCUT2D eigenvalue weighted by atomic mass is 79.9. The zero-order valence-corrected chi connectivity index (χ0v) is 9.69. The normalized spacial score (nSPS) is 13.0. The van der Waals surface area contributed by atoms with E-state index in [0.29, 0.717) is 0 Å². The molecule has 0 aromatic carbocycles. The lowest BCUT2D eigenvalue weighted by atomic mass is 10.2. The molecule has 6 nitrogen and oxygen atoms in total. The molecular weight excluding hydrogens is 260 g/mol. The largest absolute Gasteiger partial charge is 0.347 e. The molecule has 2 aromatic rings. The van der Waals surface area contributed by atoms with Crippen molar-refractivity contribution >= 4 is 15.9 Å². The van der Waals surface area contributed by atoms with Crippen molar-refractivity contribution in [2.24, 2.45) is 12.9 Å². The Balaban J connectivity index is 2.44. The molecule has 15 heavy (non-hydrogen) atoms. The fourth-order valence-electron chi connectivity index (χ4n) is 1.47. The molecule has 2 aromatic heterocycles. The molecule has 0 spiro atoms. The second-order valence-electron chi connectivity index (χ2n) is 3.08. The van der Waals surface area contributed by atoms with Gasteiger partial charge in [0.15, 0.2) is 0 Å². The van der Waals surface area contributed by atoms with Gasteiger partial charge in [-0.15, -0.1) is 0 Å². The van der Waals surface area contributed by atoms with Crippen LogP contribution in [0.5, 0.6) is 0 Å². The Morgan fingerprint density at radius 3 is 2.93 bits per heavy atom. The summed E-state index contributed by atoms with van der Waals surface area (Å²) in [5.41, 5.74) is 3.63. The second kappa shape index (κ2) is 4.13. The Labute approximate surface area is 95.0 Å². The smallest absolute Gasteiger partial charge is 0.130 e. The maximum Gasteiger partial charge on any atom is 0.130 e. The zero-order valence-electron chi connectivity index (χ0n) is 8.11. The van der Waals surface area contributed by atoms with E-state index in [9.17, 15) is 0 Å².